The van der Waals surface area contributed by atoms with Gasteiger partial charge in [-0.3, -0.25) is 4.79 Å². The molecule has 0 aliphatic carbocycles. The molecule has 0 aromatic heterocycles. The lowest BCUT2D eigenvalue weighted by Gasteiger charge is -1.99. The lowest BCUT2D eigenvalue weighted by atomic mass is 10.1. The molecular formula is C13H22O2. The van der Waals surface area contributed by atoms with Gasteiger partial charge in [-0.05, 0) is 33.1 Å². The number of ether oxygens (including phenoxy) is 1. The maximum absolute atomic E-state index is 10.9. The number of hydrogen-bond donors (Lipinski definition) is 0. The zero-order valence-electron chi connectivity index (χ0n) is 10.3. The first-order valence-electron chi connectivity index (χ1n) is 5.48. The maximum atomic E-state index is 10.9. The molecule has 0 aliphatic rings. The molecule has 0 amide bonds. The monoisotopic (exact) mass is 210 g/mol. The first-order valence-corrected chi connectivity index (χ1v) is 5.48. The Morgan fingerprint density at radius 2 is 1.87 bits per heavy atom. The second kappa shape index (κ2) is 8.27. The van der Waals surface area contributed by atoms with E-state index in [0.717, 1.165) is 19.3 Å². The fraction of sp³-hybridized carbons (Fsp3) is 0.615. The van der Waals surface area contributed by atoms with Crippen LogP contribution in [-0.2, 0) is 9.53 Å². The summed E-state index contributed by atoms with van der Waals surface area (Å²) in [6.45, 7) is 6.36. The van der Waals surface area contributed by atoms with Gasteiger partial charge in [-0.1, -0.05) is 30.2 Å². The number of allylic oxidation sites excluding steroid dienone is 3. The van der Waals surface area contributed by atoms with Crippen molar-refractivity contribution in [1.29, 1.82) is 0 Å². The van der Waals surface area contributed by atoms with Gasteiger partial charge < -0.3 is 4.74 Å². The highest BCUT2D eigenvalue weighted by atomic mass is 16.5. The molecule has 0 saturated carbocycles. The molecule has 0 rings (SSSR count). The van der Waals surface area contributed by atoms with E-state index in [9.17, 15) is 4.79 Å². The van der Waals surface area contributed by atoms with Crippen molar-refractivity contribution in [3.8, 4) is 0 Å². The molecule has 15 heavy (non-hydrogen) atoms. The van der Waals surface area contributed by atoms with Gasteiger partial charge in [0.05, 0.1) is 13.5 Å². The van der Waals surface area contributed by atoms with Crippen LogP contribution in [0.15, 0.2) is 23.3 Å². The van der Waals surface area contributed by atoms with Gasteiger partial charge in [-0.2, -0.15) is 0 Å². The molecule has 86 valence electrons. The van der Waals surface area contributed by atoms with Gasteiger partial charge in [-0.25, -0.2) is 0 Å². The average Bonchev–Trinajstić information content (AvgIpc) is 2.25. The molecule has 2 heteroatoms. The van der Waals surface area contributed by atoms with Crippen molar-refractivity contribution in [2.24, 2.45) is 0 Å². The minimum Gasteiger partial charge on any atom is -0.469 e. The minimum atomic E-state index is -0.172. The van der Waals surface area contributed by atoms with E-state index >= 15 is 0 Å². The van der Waals surface area contributed by atoms with Crippen molar-refractivity contribution >= 4 is 5.97 Å². The third-order valence-electron chi connectivity index (χ3n) is 2.43. The number of hydrogen-bond acceptors (Lipinski definition) is 2. The molecule has 0 heterocycles. The second-order valence-electron chi connectivity index (χ2n) is 3.77. The van der Waals surface area contributed by atoms with Crippen molar-refractivity contribution in [3.63, 3.8) is 0 Å². The van der Waals surface area contributed by atoms with Crippen molar-refractivity contribution < 1.29 is 9.53 Å². The van der Waals surface area contributed by atoms with Crippen LogP contribution in [0.3, 0.4) is 0 Å². The van der Waals surface area contributed by atoms with Crippen molar-refractivity contribution in [1.82, 2.24) is 0 Å². The van der Waals surface area contributed by atoms with Crippen LogP contribution in [-0.4, -0.2) is 13.1 Å². The summed E-state index contributed by atoms with van der Waals surface area (Å²) in [5.74, 6) is -0.172. The predicted octanol–water partition coefficient (Wildman–Crippen LogP) is 3.63. The van der Waals surface area contributed by atoms with Crippen LogP contribution in [0, 0.1) is 0 Å². The smallest absolute Gasteiger partial charge is 0.309 e. The first-order chi connectivity index (χ1) is 7.10. The van der Waals surface area contributed by atoms with Crippen molar-refractivity contribution in [3.05, 3.63) is 23.3 Å². The molecule has 0 aromatic rings. The lowest BCUT2D eigenvalue weighted by Crippen LogP contribution is -1.97. The Balaban J connectivity index is 3.83. The molecule has 0 radical (unpaired) electrons. The van der Waals surface area contributed by atoms with Crippen molar-refractivity contribution in [2.75, 3.05) is 7.11 Å². The Morgan fingerprint density at radius 1 is 1.20 bits per heavy atom. The fourth-order valence-corrected chi connectivity index (χ4v) is 1.13. The van der Waals surface area contributed by atoms with E-state index in [-0.39, 0.29) is 5.97 Å². The Hall–Kier alpha value is -1.05. The van der Waals surface area contributed by atoms with E-state index in [4.69, 9.17) is 0 Å². The Kier molecular flexibility index (Phi) is 7.69. The second-order valence-corrected chi connectivity index (χ2v) is 3.77. The summed E-state index contributed by atoms with van der Waals surface area (Å²) in [5.41, 5.74) is 2.68. The van der Waals surface area contributed by atoms with Gasteiger partial charge in [-0.15, -0.1) is 0 Å². The standard InChI is InChI=1S/C13H22O2/c1-5-11(2)7-6-8-12(3)9-10-13(14)15-4/h7,9H,5-6,8,10H2,1-4H3. The SMILES string of the molecule is CCC(C)=CCCC(C)=CCC(=O)OC. The third kappa shape index (κ3) is 7.98. The van der Waals surface area contributed by atoms with Gasteiger partial charge in [0.1, 0.15) is 0 Å². The normalized spacial score (nSPS) is 12.8. The summed E-state index contributed by atoms with van der Waals surface area (Å²) in [6.07, 6.45) is 7.79. The fourth-order valence-electron chi connectivity index (χ4n) is 1.13. The predicted molar refractivity (Wildman–Crippen MR) is 63.7 cm³/mol. The zero-order valence-corrected chi connectivity index (χ0v) is 10.3. The molecule has 0 fully saturated rings. The molecule has 2 nitrogen and oxygen atoms in total. The van der Waals surface area contributed by atoms with Crippen LogP contribution in [0.4, 0.5) is 0 Å². The Bertz CT molecular complexity index is 249. The van der Waals surface area contributed by atoms with Crippen LogP contribution in [0.2, 0.25) is 0 Å². The summed E-state index contributed by atoms with van der Waals surface area (Å²) in [6, 6.07) is 0. The summed E-state index contributed by atoms with van der Waals surface area (Å²) in [5, 5.41) is 0. The summed E-state index contributed by atoms with van der Waals surface area (Å²) < 4.78 is 4.57. The Labute approximate surface area is 93.0 Å². The zero-order chi connectivity index (χ0) is 11.7. The molecular weight excluding hydrogens is 188 g/mol. The average molecular weight is 210 g/mol. The molecule has 0 aromatic carbocycles. The van der Waals surface area contributed by atoms with Gasteiger partial charge in [0.2, 0.25) is 0 Å². The third-order valence-corrected chi connectivity index (χ3v) is 2.43. The molecule has 0 atom stereocenters. The first kappa shape index (κ1) is 13.9. The van der Waals surface area contributed by atoms with Gasteiger partial charge in [0, 0.05) is 0 Å². The number of carbonyl (C=O) groups is 1. The van der Waals surface area contributed by atoms with Gasteiger partial charge >= 0.3 is 5.97 Å². The number of carbonyl (C=O) groups excluding carboxylic acids is 1. The van der Waals surface area contributed by atoms with E-state index < -0.39 is 0 Å². The highest BCUT2D eigenvalue weighted by Crippen LogP contribution is 2.09. The Morgan fingerprint density at radius 3 is 2.40 bits per heavy atom. The van der Waals surface area contributed by atoms with E-state index in [1.807, 2.05) is 6.08 Å². The van der Waals surface area contributed by atoms with Crippen LogP contribution >= 0.6 is 0 Å². The topological polar surface area (TPSA) is 26.3 Å². The molecule has 0 aliphatic heterocycles. The molecule has 0 bridgehead atoms. The largest absolute Gasteiger partial charge is 0.469 e. The molecule has 0 unspecified atom stereocenters. The molecule has 0 N–H and O–H groups in total. The summed E-state index contributed by atoms with van der Waals surface area (Å²) in [4.78, 5) is 10.9. The highest BCUT2D eigenvalue weighted by Gasteiger charge is 1.96. The molecule has 0 saturated heterocycles. The number of esters is 1. The minimum absolute atomic E-state index is 0.172. The van der Waals surface area contributed by atoms with Crippen LogP contribution in [0.25, 0.3) is 0 Å². The van der Waals surface area contributed by atoms with E-state index in [1.165, 1.54) is 18.3 Å². The maximum Gasteiger partial charge on any atom is 0.309 e. The van der Waals surface area contributed by atoms with E-state index in [0.29, 0.717) is 6.42 Å². The lowest BCUT2D eigenvalue weighted by molar-refractivity contribution is -0.139. The van der Waals surface area contributed by atoms with Crippen molar-refractivity contribution in [2.45, 2.75) is 46.5 Å². The van der Waals surface area contributed by atoms with Crippen LogP contribution in [0.1, 0.15) is 46.5 Å². The summed E-state index contributed by atoms with van der Waals surface area (Å²) >= 11 is 0. The van der Waals surface area contributed by atoms with E-state index in [2.05, 4.69) is 31.6 Å². The quantitative estimate of drug-likeness (QED) is 0.494. The number of rotatable bonds is 6. The number of methoxy groups -OCH3 is 1. The van der Waals surface area contributed by atoms with Gasteiger partial charge in [0.25, 0.3) is 0 Å². The molecule has 0 spiro atoms. The van der Waals surface area contributed by atoms with Crippen LogP contribution < -0.4 is 0 Å². The van der Waals surface area contributed by atoms with Crippen LogP contribution in [0.5, 0.6) is 0 Å². The summed E-state index contributed by atoms with van der Waals surface area (Å²) in [7, 11) is 1.42. The van der Waals surface area contributed by atoms with Gasteiger partial charge in [0.15, 0.2) is 0 Å². The van der Waals surface area contributed by atoms with E-state index in [1.54, 1.807) is 0 Å². The highest BCUT2D eigenvalue weighted by molar-refractivity contribution is 5.71.